The summed E-state index contributed by atoms with van der Waals surface area (Å²) in [6.07, 6.45) is 5.16. The molecule has 0 aromatic carbocycles. The van der Waals surface area contributed by atoms with E-state index in [-0.39, 0.29) is 0 Å². The van der Waals surface area contributed by atoms with Gasteiger partial charge in [0, 0.05) is 23.7 Å². The van der Waals surface area contributed by atoms with Crippen molar-refractivity contribution in [2.24, 2.45) is 0 Å². The first-order chi connectivity index (χ1) is 7.77. The molecule has 0 N–H and O–H groups in total. The normalized spacial score (nSPS) is 9.62. The van der Waals surface area contributed by atoms with Gasteiger partial charge in [-0.1, -0.05) is 5.92 Å². The molecule has 2 aromatic rings. The number of aromatic nitrogens is 4. The Morgan fingerprint density at radius 1 is 1.31 bits per heavy atom. The highest BCUT2D eigenvalue weighted by Gasteiger charge is 1.98. The summed E-state index contributed by atoms with van der Waals surface area (Å²) >= 11 is 0. The van der Waals surface area contributed by atoms with E-state index in [1.54, 1.807) is 17.2 Å². The van der Waals surface area contributed by atoms with Gasteiger partial charge in [0.25, 0.3) is 0 Å². The smallest absolute Gasteiger partial charge is 0.119 e. The first-order valence-electron chi connectivity index (χ1n) is 5.02. The first-order valence-corrected chi connectivity index (χ1v) is 5.02. The lowest BCUT2D eigenvalue weighted by Gasteiger charge is -1.99. The third-order valence-corrected chi connectivity index (χ3v) is 2.34. The van der Waals surface area contributed by atoms with Crippen LogP contribution in [-0.4, -0.2) is 19.7 Å². The van der Waals surface area contributed by atoms with Crippen molar-refractivity contribution in [2.75, 3.05) is 0 Å². The fourth-order valence-corrected chi connectivity index (χ4v) is 1.26. The van der Waals surface area contributed by atoms with Gasteiger partial charge in [-0.3, -0.25) is 4.68 Å². The Bertz CT molecular complexity index is 532. The molecule has 0 atom stereocenters. The minimum atomic E-state index is 0.579. The molecule has 2 aromatic heterocycles. The van der Waals surface area contributed by atoms with Crippen LogP contribution < -0.4 is 0 Å². The molecule has 4 nitrogen and oxygen atoms in total. The topological polar surface area (TPSA) is 43.6 Å². The molecule has 0 radical (unpaired) electrons. The van der Waals surface area contributed by atoms with Crippen LogP contribution in [0.5, 0.6) is 0 Å². The number of nitrogens with zero attached hydrogens (tertiary/aromatic N) is 4. The van der Waals surface area contributed by atoms with Gasteiger partial charge >= 0.3 is 0 Å². The van der Waals surface area contributed by atoms with Crippen molar-refractivity contribution in [2.45, 2.75) is 20.4 Å². The van der Waals surface area contributed by atoms with Crippen molar-refractivity contribution < 1.29 is 0 Å². The van der Waals surface area contributed by atoms with Gasteiger partial charge in [0.15, 0.2) is 0 Å². The SMILES string of the molecule is Cc1ncnc(C#CCn2cccn2)c1C. The largest absolute Gasteiger partial charge is 0.261 e. The molecule has 0 fully saturated rings. The molecular weight excluding hydrogens is 200 g/mol. The summed E-state index contributed by atoms with van der Waals surface area (Å²) in [6, 6.07) is 1.88. The lowest BCUT2D eigenvalue weighted by atomic mass is 10.2. The average molecular weight is 212 g/mol. The maximum Gasteiger partial charge on any atom is 0.119 e. The van der Waals surface area contributed by atoms with Crippen molar-refractivity contribution in [1.29, 1.82) is 0 Å². The highest BCUT2D eigenvalue weighted by atomic mass is 15.3. The fraction of sp³-hybridized carbons (Fsp3) is 0.250. The lowest BCUT2D eigenvalue weighted by molar-refractivity contribution is 0.715. The minimum Gasteiger partial charge on any atom is -0.261 e. The maximum atomic E-state index is 4.14. The summed E-state index contributed by atoms with van der Waals surface area (Å²) in [4.78, 5) is 8.24. The molecule has 0 saturated carbocycles. The summed E-state index contributed by atoms with van der Waals surface area (Å²) in [5.41, 5.74) is 2.80. The zero-order valence-electron chi connectivity index (χ0n) is 9.31. The van der Waals surface area contributed by atoms with E-state index >= 15 is 0 Å². The molecule has 2 heterocycles. The van der Waals surface area contributed by atoms with Crippen LogP contribution in [0.3, 0.4) is 0 Å². The Hall–Kier alpha value is -2.15. The Morgan fingerprint density at radius 2 is 2.19 bits per heavy atom. The van der Waals surface area contributed by atoms with Crippen LogP contribution in [0.4, 0.5) is 0 Å². The Balaban J connectivity index is 2.15. The van der Waals surface area contributed by atoms with Gasteiger partial charge in [0.1, 0.15) is 18.6 Å². The molecule has 0 spiro atoms. The maximum absolute atomic E-state index is 4.14. The second-order valence-corrected chi connectivity index (χ2v) is 3.44. The quantitative estimate of drug-likeness (QED) is 0.670. The molecule has 16 heavy (non-hydrogen) atoms. The van der Waals surface area contributed by atoms with Gasteiger partial charge in [-0.15, -0.1) is 0 Å². The van der Waals surface area contributed by atoms with E-state index in [9.17, 15) is 0 Å². The minimum absolute atomic E-state index is 0.579. The third kappa shape index (κ3) is 2.26. The predicted octanol–water partition coefficient (Wildman–Crippen LogP) is 1.34. The highest BCUT2D eigenvalue weighted by Crippen LogP contribution is 2.04. The zero-order chi connectivity index (χ0) is 11.4. The monoisotopic (exact) mass is 212 g/mol. The van der Waals surface area contributed by atoms with E-state index in [1.807, 2.05) is 26.1 Å². The third-order valence-electron chi connectivity index (χ3n) is 2.34. The number of aryl methyl sites for hydroxylation is 1. The average Bonchev–Trinajstić information content (AvgIpc) is 2.77. The molecule has 4 heteroatoms. The second kappa shape index (κ2) is 4.58. The van der Waals surface area contributed by atoms with E-state index in [0.29, 0.717) is 6.54 Å². The van der Waals surface area contributed by atoms with Crippen LogP contribution in [0.1, 0.15) is 17.0 Å². The van der Waals surface area contributed by atoms with Crippen molar-refractivity contribution in [1.82, 2.24) is 19.7 Å². The van der Waals surface area contributed by atoms with Crippen molar-refractivity contribution in [3.05, 3.63) is 41.7 Å². The molecular formula is C12H12N4. The van der Waals surface area contributed by atoms with Crippen LogP contribution in [0.25, 0.3) is 0 Å². The van der Waals surface area contributed by atoms with Gasteiger partial charge in [-0.05, 0) is 25.8 Å². The van der Waals surface area contributed by atoms with Gasteiger partial charge in [-0.2, -0.15) is 5.10 Å². The molecule has 0 bridgehead atoms. The van der Waals surface area contributed by atoms with Crippen LogP contribution in [0.15, 0.2) is 24.8 Å². The van der Waals surface area contributed by atoms with Crippen LogP contribution >= 0.6 is 0 Å². The molecule has 0 saturated heterocycles. The van der Waals surface area contributed by atoms with E-state index in [0.717, 1.165) is 17.0 Å². The molecule has 0 aliphatic heterocycles. The molecule has 2 rings (SSSR count). The van der Waals surface area contributed by atoms with E-state index in [4.69, 9.17) is 0 Å². The Morgan fingerprint density at radius 3 is 2.94 bits per heavy atom. The zero-order valence-corrected chi connectivity index (χ0v) is 9.31. The van der Waals surface area contributed by atoms with Gasteiger partial charge in [0.2, 0.25) is 0 Å². The molecule has 80 valence electrons. The molecule has 0 aliphatic rings. The van der Waals surface area contributed by atoms with Crippen molar-refractivity contribution in [3.63, 3.8) is 0 Å². The number of rotatable bonds is 1. The predicted molar refractivity (Wildman–Crippen MR) is 60.6 cm³/mol. The summed E-state index contributed by atoms with van der Waals surface area (Å²) in [5.74, 6) is 6.06. The van der Waals surface area contributed by atoms with Crippen LogP contribution in [-0.2, 0) is 6.54 Å². The van der Waals surface area contributed by atoms with E-state index < -0.39 is 0 Å². The van der Waals surface area contributed by atoms with Crippen LogP contribution in [0, 0.1) is 25.7 Å². The van der Waals surface area contributed by atoms with Crippen molar-refractivity contribution in [3.8, 4) is 11.8 Å². The van der Waals surface area contributed by atoms with Gasteiger partial charge in [-0.25, -0.2) is 9.97 Å². The second-order valence-electron chi connectivity index (χ2n) is 3.44. The van der Waals surface area contributed by atoms with Crippen LogP contribution in [0.2, 0.25) is 0 Å². The highest BCUT2D eigenvalue weighted by molar-refractivity contribution is 5.35. The van der Waals surface area contributed by atoms with Gasteiger partial charge < -0.3 is 0 Å². The van der Waals surface area contributed by atoms with Crippen molar-refractivity contribution >= 4 is 0 Å². The Kier molecular flexibility index (Phi) is 2.97. The number of hydrogen-bond donors (Lipinski definition) is 0. The standard InChI is InChI=1S/C12H12N4/c1-10-11(2)13-9-14-12(10)5-3-7-16-8-4-6-15-16/h4,6,8-9H,7H2,1-2H3. The molecule has 0 unspecified atom stereocenters. The molecule has 0 aliphatic carbocycles. The van der Waals surface area contributed by atoms with E-state index in [1.165, 1.54) is 0 Å². The van der Waals surface area contributed by atoms with Gasteiger partial charge in [0.05, 0.1) is 0 Å². The first kappa shape index (κ1) is 10.4. The summed E-state index contributed by atoms with van der Waals surface area (Å²) in [7, 11) is 0. The fourth-order valence-electron chi connectivity index (χ4n) is 1.26. The number of hydrogen-bond acceptors (Lipinski definition) is 3. The Labute approximate surface area is 94.4 Å². The summed E-state index contributed by atoms with van der Waals surface area (Å²) in [6.45, 7) is 4.51. The summed E-state index contributed by atoms with van der Waals surface area (Å²) < 4.78 is 1.77. The van der Waals surface area contributed by atoms with E-state index in [2.05, 4.69) is 26.9 Å². The lowest BCUT2D eigenvalue weighted by Crippen LogP contribution is -1.97. The summed E-state index contributed by atoms with van der Waals surface area (Å²) in [5, 5.41) is 4.07. The molecule has 0 amide bonds.